The summed E-state index contributed by atoms with van der Waals surface area (Å²) in [7, 11) is 0. The molecule has 0 saturated heterocycles. The van der Waals surface area contributed by atoms with E-state index < -0.39 is 0 Å². The maximum atomic E-state index is 6.35. The average molecular weight is 364 g/mol. The number of aromatic nitrogens is 1. The Kier molecular flexibility index (Phi) is 4.82. The van der Waals surface area contributed by atoms with E-state index in [1.807, 2.05) is 30.0 Å². The van der Waals surface area contributed by atoms with E-state index in [4.69, 9.17) is 11.6 Å². The maximum absolute atomic E-state index is 6.35. The smallest absolute Gasteiger partial charge is 0.0495 e. The van der Waals surface area contributed by atoms with Gasteiger partial charge in [0.1, 0.15) is 0 Å². The zero-order valence-corrected chi connectivity index (χ0v) is 15.3. The Balaban J connectivity index is 1.65. The third-order valence-corrected chi connectivity index (χ3v) is 5.77. The molecule has 4 aromatic rings. The van der Waals surface area contributed by atoms with Crippen LogP contribution in [0.3, 0.4) is 0 Å². The Labute approximate surface area is 157 Å². The summed E-state index contributed by atoms with van der Waals surface area (Å²) in [6, 6.07) is 27.2. The van der Waals surface area contributed by atoms with E-state index in [1.165, 1.54) is 21.4 Å². The number of fused-ring (bicyclic) bond motifs is 1. The summed E-state index contributed by atoms with van der Waals surface area (Å²) in [6.45, 7) is 0.784. The number of halogens is 1. The van der Waals surface area contributed by atoms with Crippen molar-refractivity contribution in [3.63, 3.8) is 0 Å². The van der Waals surface area contributed by atoms with Gasteiger partial charge in [0.25, 0.3) is 0 Å². The van der Waals surface area contributed by atoms with Crippen molar-refractivity contribution in [3.8, 4) is 0 Å². The Morgan fingerprint density at radius 2 is 1.52 bits per heavy atom. The SMILES string of the molecule is Clc1ccccc1Cn1cc(SCc2ccccc2)c2ccccc21. The van der Waals surface area contributed by atoms with Crippen molar-refractivity contribution < 1.29 is 0 Å². The molecular weight excluding hydrogens is 346 g/mol. The second-order valence-electron chi connectivity index (χ2n) is 6.00. The lowest BCUT2D eigenvalue weighted by molar-refractivity contribution is 0.830. The minimum absolute atomic E-state index is 0.784. The van der Waals surface area contributed by atoms with Gasteiger partial charge in [0, 0.05) is 39.3 Å². The fourth-order valence-electron chi connectivity index (χ4n) is 3.00. The highest BCUT2D eigenvalue weighted by Crippen LogP contribution is 2.33. The number of nitrogens with zero attached hydrogens (tertiary/aromatic N) is 1. The first-order valence-electron chi connectivity index (χ1n) is 8.29. The lowest BCUT2D eigenvalue weighted by atomic mass is 10.2. The minimum atomic E-state index is 0.784. The first-order chi connectivity index (χ1) is 12.3. The summed E-state index contributed by atoms with van der Waals surface area (Å²) in [4.78, 5) is 1.31. The molecule has 1 nitrogen and oxygen atoms in total. The molecule has 0 atom stereocenters. The van der Waals surface area contributed by atoms with Gasteiger partial charge in [0.05, 0.1) is 0 Å². The average Bonchev–Trinajstić information content (AvgIpc) is 3.01. The number of hydrogen-bond donors (Lipinski definition) is 0. The van der Waals surface area contributed by atoms with Gasteiger partial charge in [0.2, 0.25) is 0 Å². The van der Waals surface area contributed by atoms with Crippen LogP contribution >= 0.6 is 23.4 Å². The van der Waals surface area contributed by atoms with Crippen LogP contribution in [-0.4, -0.2) is 4.57 Å². The Hall–Kier alpha value is -2.16. The van der Waals surface area contributed by atoms with Crippen molar-refractivity contribution >= 4 is 34.3 Å². The van der Waals surface area contributed by atoms with Crippen LogP contribution in [0.4, 0.5) is 0 Å². The highest BCUT2D eigenvalue weighted by molar-refractivity contribution is 7.98. The molecule has 3 aromatic carbocycles. The van der Waals surface area contributed by atoms with E-state index in [0.29, 0.717) is 0 Å². The molecule has 0 fully saturated rings. The summed E-state index contributed by atoms with van der Waals surface area (Å²) < 4.78 is 2.30. The monoisotopic (exact) mass is 363 g/mol. The predicted molar refractivity (Wildman–Crippen MR) is 108 cm³/mol. The van der Waals surface area contributed by atoms with E-state index in [9.17, 15) is 0 Å². The van der Waals surface area contributed by atoms with Gasteiger partial charge in [-0.05, 0) is 23.3 Å². The molecule has 0 spiro atoms. The molecule has 0 saturated carbocycles. The molecule has 0 aliphatic rings. The molecule has 0 amide bonds. The van der Waals surface area contributed by atoms with E-state index in [1.54, 1.807) is 0 Å². The lowest BCUT2D eigenvalue weighted by Crippen LogP contribution is -1.98. The summed E-state index contributed by atoms with van der Waals surface area (Å²) in [6.07, 6.45) is 2.25. The number of benzene rings is 3. The van der Waals surface area contributed by atoms with Gasteiger partial charge in [-0.1, -0.05) is 78.3 Å². The summed E-state index contributed by atoms with van der Waals surface area (Å²) in [5.41, 5.74) is 3.73. The van der Waals surface area contributed by atoms with E-state index in [0.717, 1.165) is 22.9 Å². The number of thioether (sulfide) groups is 1. The molecule has 1 heterocycles. The normalized spacial score (nSPS) is 11.1. The molecule has 0 aliphatic heterocycles. The van der Waals surface area contributed by atoms with Crippen LogP contribution in [-0.2, 0) is 12.3 Å². The third-order valence-electron chi connectivity index (χ3n) is 4.29. The van der Waals surface area contributed by atoms with Crippen molar-refractivity contribution in [2.75, 3.05) is 0 Å². The van der Waals surface area contributed by atoms with Crippen LogP contribution in [0.1, 0.15) is 11.1 Å². The van der Waals surface area contributed by atoms with E-state index >= 15 is 0 Å². The van der Waals surface area contributed by atoms with Gasteiger partial charge in [0.15, 0.2) is 0 Å². The van der Waals surface area contributed by atoms with Crippen molar-refractivity contribution in [1.29, 1.82) is 0 Å². The van der Waals surface area contributed by atoms with Crippen molar-refractivity contribution in [1.82, 2.24) is 4.57 Å². The Morgan fingerprint density at radius 1 is 0.800 bits per heavy atom. The fourth-order valence-corrected chi connectivity index (χ4v) is 4.24. The van der Waals surface area contributed by atoms with Gasteiger partial charge < -0.3 is 4.57 Å². The number of para-hydroxylation sites is 1. The lowest BCUT2D eigenvalue weighted by Gasteiger charge is -2.07. The van der Waals surface area contributed by atoms with Crippen LogP contribution in [0.2, 0.25) is 5.02 Å². The first-order valence-corrected chi connectivity index (χ1v) is 9.65. The van der Waals surface area contributed by atoms with Crippen LogP contribution < -0.4 is 0 Å². The van der Waals surface area contributed by atoms with E-state index in [2.05, 4.69) is 71.4 Å². The second-order valence-corrected chi connectivity index (χ2v) is 7.43. The quantitative estimate of drug-likeness (QED) is 0.360. The molecular formula is C22H18ClNS. The van der Waals surface area contributed by atoms with Gasteiger partial charge in [-0.15, -0.1) is 11.8 Å². The zero-order valence-electron chi connectivity index (χ0n) is 13.7. The van der Waals surface area contributed by atoms with Crippen LogP contribution in [0.15, 0.2) is 90.0 Å². The van der Waals surface area contributed by atoms with Gasteiger partial charge >= 0.3 is 0 Å². The molecule has 25 heavy (non-hydrogen) atoms. The summed E-state index contributed by atoms with van der Waals surface area (Å²) >= 11 is 8.24. The molecule has 4 rings (SSSR count). The highest BCUT2D eigenvalue weighted by atomic mass is 35.5. The van der Waals surface area contributed by atoms with Crippen LogP contribution in [0.25, 0.3) is 10.9 Å². The van der Waals surface area contributed by atoms with Gasteiger partial charge in [-0.3, -0.25) is 0 Å². The van der Waals surface area contributed by atoms with Crippen LogP contribution in [0, 0.1) is 0 Å². The standard InChI is InChI=1S/C22H18ClNS/c23-20-12-6-4-10-18(20)14-24-15-22(19-11-5-7-13-21(19)24)25-16-17-8-2-1-3-9-17/h1-13,15H,14,16H2. The Bertz CT molecular complexity index is 991. The highest BCUT2D eigenvalue weighted by Gasteiger charge is 2.10. The molecule has 0 N–H and O–H groups in total. The number of rotatable bonds is 5. The van der Waals surface area contributed by atoms with Crippen molar-refractivity contribution in [2.45, 2.75) is 17.2 Å². The second kappa shape index (κ2) is 7.38. The molecule has 124 valence electrons. The van der Waals surface area contributed by atoms with Crippen LogP contribution in [0.5, 0.6) is 0 Å². The van der Waals surface area contributed by atoms with Gasteiger partial charge in [-0.25, -0.2) is 0 Å². The minimum Gasteiger partial charge on any atom is -0.342 e. The third kappa shape index (κ3) is 3.60. The molecule has 0 aliphatic carbocycles. The fraction of sp³-hybridized carbons (Fsp3) is 0.0909. The zero-order chi connectivity index (χ0) is 17.1. The van der Waals surface area contributed by atoms with E-state index in [-0.39, 0.29) is 0 Å². The molecule has 0 unspecified atom stereocenters. The van der Waals surface area contributed by atoms with Gasteiger partial charge in [-0.2, -0.15) is 0 Å². The number of hydrogen-bond acceptors (Lipinski definition) is 1. The van der Waals surface area contributed by atoms with Crippen molar-refractivity contribution in [2.24, 2.45) is 0 Å². The predicted octanol–water partition coefficient (Wildman–Crippen LogP) is 6.64. The molecule has 1 aromatic heterocycles. The van der Waals surface area contributed by atoms with Crippen molar-refractivity contribution in [3.05, 3.63) is 101 Å². The molecule has 0 bridgehead atoms. The Morgan fingerprint density at radius 3 is 2.36 bits per heavy atom. The summed E-state index contributed by atoms with van der Waals surface area (Å²) in [5, 5.41) is 2.12. The summed E-state index contributed by atoms with van der Waals surface area (Å²) in [5.74, 6) is 0.973. The molecule has 3 heteroatoms. The molecule has 0 radical (unpaired) electrons. The largest absolute Gasteiger partial charge is 0.342 e. The first kappa shape index (κ1) is 16.3. The maximum Gasteiger partial charge on any atom is 0.0495 e. The topological polar surface area (TPSA) is 4.93 Å².